The Morgan fingerprint density at radius 2 is 1.94 bits per heavy atom. The van der Waals surface area contributed by atoms with Gasteiger partial charge in [-0.3, -0.25) is 4.79 Å². The Balaban J connectivity index is 1.48. The van der Waals surface area contributed by atoms with Crippen LogP contribution in [0.25, 0.3) is 11.0 Å². The lowest BCUT2D eigenvalue weighted by molar-refractivity contribution is 0.0724. The molecule has 1 aliphatic rings. The number of pyridine rings is 1. The number of aromatic nitrogens is 1. The topological polar surface area (TPSA) is 64.8 Å². The molecule has 3 heterocycles. The average molecular weight is 491 g/mol. The van der Waals surface area contributed by atoms with Crippen LogP contribution >= 0.6 is 11.6 Å². The monoisotopic (exact) mass is 490 g/mol. The normalized spacial score (nSPS) is 13.4. The van der Waals surface area contributed by atoms with Crippen molar-refractivity contribution in [3.63, 3.8) is 0 Å². The molecule has 0 radical (unpaired) electrons. The molecule has 35 heavy (non-hydrogen) atoms. The summed E-state index contributed by atoms with van der Waals surface area (Å²) in [6, 6.07) is 15.6. The molecule has 6 nitrogen and oxygen atoms in total. The third-order valence-corrected chi connectivity index (χ3v) is 6.51. The van der Waals surface area contributed by atoms with E-state index in [2.05, 4.69) is 0 Å². The first kappa shape index (κ1) is 23.2. The lowest BCUT2D eigenvalue weighted by atomic mass is 9.98. The van der Waals surface area contributed by atoms with Gasteiger partial charge in [-0.1, -0.05) is 48.0 Å². The summed E-state index contributed by atoms with van der Waals surface area (Å²) >= 11 is 6.65. The molecule has 5 rings (SSSR count). The van der Waals surface area contributed by atoms with E-state index in [1.54, 1.807) is 11.2 Å². The fourth-order valence-electron chi connectivity index (χ4n) is 4.43. The summed E-state index contributed by atoms with van der Waals surface area (Å²) in [5.41, 5.74) is 4.70. The largest absolute Gasteiger partial charge is 0.489 e. The molecule has 0 aliphatic carbocycles. The maximum atomic E-state index is 13.6. The maximum Gasteiger partial charge on any atom is 0.256 e. The van der Waals surface area contributed by atoms with Crippen molar-refractivity contribution < 1.29 is 18.7 Å². The lowest BCUT2D eigenvalue weighted by Crippen LogP contribution is -2.37. The van der Waals surface area contributed by atoms with Crippen molar-refractivity contribution in [2.75, 3.05) is 6.54 Å². The number of ether oxygens (including phenoxy) is 2. The minimum absolute atomic E-state index is 0.0458. The molecule has 0 saturated heterocycles. The van der Waals surface area contributed by atoms with E-state index in [-0.39, 0.29) is 12.0 Å². The van der Waals surface area contributed by atoms with E-state index in [0.29, 0.717) is 53.9 Å². The number of nitrogens with zero attached hydrogens (tertiary/aromatic N) is 2. The van der Waals surface area contributed by atoms with E-state index in [4.69, 9.17) is 30.5 Å². The van der Waals surface area contributed by atoms with Crippen LogP contribution < -0.4 is 9.47 Å². The fraction of sp³-hybridized carbons (Fsp3) is 0.286. The second kappa shape index (κ2) is 9.62. The van der Waals surface area contributed by atoms with Crippen LogP contribution in [0.4, 0.5) is 0 Å². The molecule has 1 amide bonds. The highest BCUT2D eigenvalue weighted by atomic mass is 35.5. The maximum absolute atomic E-state index is 13.6. The van der Waals surface area contributed by atoms with Gasteiger partial charge >= 0.3 is 0 Å². The molecule has 0 spiro atoms. The Labute approximate surface area is 209 Å². The van der Waals surface area contributed by atoms with Crippen molar-refractivity contribution in [1.82, 2.24) is 9.88 Å². The van der Waals surface area contributed by atoms with Crippen LogP contribution in [-0.2, 0) is 19.6 Å². The lowest BCUT2D eigenvalue weighted by Gasteiger charge is -2.30. The zero-order valence-electron chi connectivity index (χ0n) is 20.0. The first-order valence-corrected chi connectivity index (χ1v) is 12.1. The number of benzene rings is 2. The molecule has 2 aromatic heterocycles. The molecule has 0 N–H and O–H groups in total. The molecule has 2 aromatic carbocycles. The highest BCUT2D eigenvalue weighted by molar-refractivity contribution is 6.35. The molecule has 1 aliphatic heterocycles. The van der Waals surface area contributed by atoms with Gasteiger partial charge < -0.3 is 18.8 Å². The Morgan fingerprint density at radius 1 is 1.14 bits per heavy atom. The third kappa shape index (κ3) is 4.58. The first-order chi connectivity index (χ1) is 16.9. The van der Waals surface area contributed by atoms with Crippen molar-refractivity contribution in [2.45, 2.75) is 46.4 Å². The second-order valence-corrected chi connectivity index (χ2v) is 9.35. The molecule has 0 unspecified atom stereocenters. The average Bonchev–Trinajstić information content (AvgIpc) is 3.34. The zero-order valence-corrected chi connectivity index (χ0v) is 20.8. The minimum Gasteiger partial charge on any atom is -0.489 e. The third-order valence-electron chi connectivity index (χ3n) is 6.13. The van der Waals surface area contributed by atoms with Crippen LogP contribution in [0, 0.1) is 6.92 Å². The summed E-state index contributed by atoms with van der Waals surface area (Å²) in [5.74, 6) is 0.850. The van der Waals surface area contributed by atoms with Crippen LogP contribution in [0.3, 0.4) is 0 Å². The summed E-state index contributed by atoms with van der Waals surface area (Å²) in [7, 11) is 0. The van der Waals surface area contributed by atoms with Gasteiger partial charge in [0.25, 0.3) is 5.91 Å². The van der Waals surface area contributed by atoms with Crippen LogP contribution in [0.1, 0.15) is 46.6 Å². The second-order valence-electron chi connectivity index (χ2n) is 8.97. The summed E-state index contributed by atoms with van der Waals surface area (Å²) in [6.07, 6.45) is 2.29. The molecular weight excluding hydrogens is 464 g/mol. The van der Waals surface area contributed by atoms with E-state index in [9.17, 15) is 4.79 Å². The SMILES string of the molecule is Cc1nc(OCc2ccccc2)c(CN2CCc3ccc(OC(C)C)c(Cl)c3C2=O)c2occc12. The van der Waals surface area contributed by atoms with Gasteiger partial charge in [0.05, 0.1) is 40.8 Å². The summed E-state index contributed by atoms with van der Waals surface area (Å²) in [5, 5.41) is 1.26. The van der Waals surface area contributed by atoms with Gasteiger partial charge in [0, 0.05) is 11.9 Å². The number of carbonyl (C=O) groups is 1. The predicted octanol–water partition coefficient (Wildman–Crippen LogP) is 6.35. The van der Waals surface area contributed by atoms with Gasteiger partial charge in [-0.25, -0.2) is 4.98 Å². The van der Waals surface area contributed by atoms with Gasteiger partial charge in [-0.2, -0.15) is 0 Å². The van der Waals surface area contributed by atoms with Gasteiger partial charge in [-0.15, -0.1) is 0 Å². The standard InChI is InChI=1S/C28H27ClN2O4/c1-17(2)35-23-10-9-20-11-13-31(28(32)24(20)25(23)29)15-22-26-21(12-14-33-26)18(3)30-27(22)34-16-19-7-5-4-6-8-19/h4-10,12,14,17H,11,13,15-16H2,1-3H3. The van der Waals surface area contributed by atoms with E-state index in [1.807, 2.05) is 69.3 Å². The Hall–Kier alpha value is -3.51. The van der Waals surface area contributed by atoms with Crippen LogP contribution in [0.5, 0.6) is 11.6 Å². The molecule has 0 fully saturated rings. The highest BCUT2D eigenvalue weighted by Gasteiger charge is 2.30. The van der Waals surface area contributed by atoms with Gasteiger partial charge in [-0.05, 0) is 50.5 Å². The van der Waals surface area contributed by atoms with Gasteiger partial charge in [0.15, 0.2) is 0 Å². The Morgan fingerprint density at radius 3 is 2.71 bits per heavy atom. The smallest absolute Gasteiger partial charge is 0.256 e. The number of furan rings is 1. The van der Waals surface area contributed by atoms with E-state index in [1.165, 1.54) is 0 Å². The molecule has 7 heteroatoms. The number of halogens is 1. The Kier molecular flexibility index (Phi) is 6.39. The molecule has 180 valence electrons. The van der Waals surface area contributed by atoms with Crippen molar-refractivity contribution in [1.29, 1.82) is 0 Å². The highest BCUT2D eigenvalue weighted by Crippen LogP contribution is 2.37. The number of rotatable bonds is 7. The van der Waals surface area contributed by atoms with Crippen molar-refractivity contribution >= 4 is 28.5 Å². The summed E-state index contributed by atoms with van der Waals surface area (Å²) < 4.78 is 17.8. The van der Waals surface area contributed by atoms with E-state index < -0.39 is 0 Å². The summed E-state index contributed by atoms with van der Waals surface area (Å²) in [6.45, 7) is 7.01. The van der Waals surface area contributed by atoms with Crippen molar-refractivity contribution in [2.24, 2.45) is 0 Å². The summed E-state index contributed by atoms with van der Waals surface area (Å²) in [4.78, 5) is 20.1. The van der Waals surface area contributed by atoms with E-state index in [0.717, 1.165) is 27.8 Å². The van der Waals surface area contributed by atoms with Crippen LogP contribution in [-0.4, -0.2) is 28.4 Å². The quantitative estimate of drug-likeness (QED) is 0.302. The molecule has 0 atom stereocenters. The number of hydrogen-bond acceptors (Lipinski definition) is 5. The predicted molar refractivity (Wildman–Crippen MR) is 135 cm³/mol. The van der Waals surface area contributed by atoms with E-state index >= 15 is 0 Å². The van der Waals surface area contributed by atoms with Crippen LogP contribution in [0.15, 0.2) is 59.2 Å². The molecule has 4 aromatic rings. The Bertz CT molecular complexity index is 1380. The first-order valence-electron chi connectivity index (χ1n) is 11.7. The number of amides is 1. The molecular formula is C28H27ClN2O4. The fourth-order valence-corrected chi connectivity index (χ4v) is 4.74. The number of aryl methyl sites for hydroxylation is 1. The van der Waals surface area contributed by atoms with Crippen LogP contribution in [0.2, 0.25) is 5.02 Å². The molecule has 0 bridgehead atoms. The van der Waals surface area contributed by atoms with Gasteiger partial charge in [0.1, 0.15) is 17.9 Å². The number of fused-ring (bicyclic) bond motifs is 2. The minimum atomic E-state index is -0.139. The van der Waals surface area contributed by atoms with Crippen molar-refractivity contribution in [3.05, 3.63) is 87.8 Å². The number of hydrogen-bond donors (Lipinski definition) is 0. The number of carbonyl (C=O) groups excluding carboxylic acids is 1. The molecule has 0 saturated carbocycles. The zero-order chi connectivity index (χ0) is 24.5. The van der Waals surface area contributed by atoms with Crippen molar-refractivity contribution in [3.8, 4) is 11.6 Å². The van der Waals surface area contributed by atoms with Gasteiger partial charge in [0.2, 0.25) is 5.88 Å².